The van der Waals surface area contributed by atoms with Crippen LogP contribution in [0.5, 0.6) is 0 Å². The highest BCUT2D eigenvalue weighted by Crippen LogP contribution is 2.40. The fourth-order valence-electron chi connectivity index (χ4n) is 2.61. The van der Waals surface area contributed by atoms with Crippen LogP contribution in [0, 0.1) is 0 Å². The summed E-state index contributed by atoms with van der Waals surface area (Å²) in [6, 6.07) is 9.99. The number of esters is 1. The smallest absolute Gasteiger partial charge is 0.359 e. The van der Waals surface area contributed by atoms with E-state index in [1.807, 2.05) is 55.8 Å². The molecule has 1 fully saturated rings. The number of hydrogen-bond acceptors (Lipinski definition) is 7. The van der Waals surface area contributed by atoms with Crippen LogP contribution in [0.2, 0.25) is 0 Å². The lowest BCUT2D eigenvalue weighted by atomic mass is 10.2. The van der Waals surface area contributed by atoms with Gasteiger partial charge in [-0.25, -0.2) is 24.4 Å². The van der Waals surface area contributed by atoms with Gasteiger partial charge in [0.15, 0.2) is 5.69 Å². The van der Waals surface area contributed by atoms with Crippen LogP contribution in [0.3, 0.4) is 0 Å². The molecule has 0 spiro atoms. The number of aromatic nitrogens is 5. The molecule has 1 saturated carbocycles. The second-order valence-corrected chi connectivity index (χ2v) is 8.61. The topological polar surface area (TPSA) is 82.8 Å². The quantitative estimate of drug-likeness (QED) is 0.603. The Morgan fingerprint density at radius 2 is 1.89 bits per heavy atom. The number of carbonyl (C=O) groups excluding carboxylic acids is 1. The van der Waals surface area contributed by atoms with Crippen molar-refractivity contribution in [3.63, 3.8) is 0 Å². The number of nitrogens with zero attached hydrogens (tertiary/aromatic N) is 5. The Morgan fingerprint density at radius 3 is 2.50 bits per heavy atom. The molecule has 0 aliphatic heterocycles. The molecule has 8 heteroatoms. The largest absolute Gasteiger partial charge is 0.455 e. The molecular formula is C20H21N5O2S. The van der Waals surface area contributed by atoms with Gasteiger partial charge in [-0.2, -0.15) is 0 Å². The second-order valence-electron chi connectivity index (χ2n) is 7.62. The summed E-state index contributed by atoms with van der Waals surface area (Å²) in [6.45, 7) is 5.44. The van der Waals surface area contributed by atoms with Crippen molar-refractivity contribution in [3.8, 4) is 5.69 Å². The number of benzene rings is 1. The first-order chi connectivity index (χ1) is 13.4. The van der Waals surface area contributed by atoms with Crippen LogP contribution in [0.1, 0.15) is 55.8 Å². The number of ether oxygens (including phenoxy) is 1. The van der Waals surface area contributed by atoms with Crippen molar-refractivity contribution in [2.45, 2.75) is 55.3 Å². The van der Waals surface area contributed by atoms with E-state index in [2.05, 4.69) is 15.1 Å². The number of para-hydroxylation sites is 1. The molecule has 3 aromatic rings. The summed E-state index contributed by atoms with van der Waals surface area (Å²) in [5.41, 5.74) is 0.607. The van der Waals surface area contributed by atoms with Crippen molar-refractivity contribution in [3.05, 3.63) is 54.2 Å². The molecule has 0 saturated heterocycles. The molecule has 0 radical (unpaired) electrons. The first-order valence-corrected chi connectivity index (χ1v) is 9.96. The first kappa shape index (κ1) is 18.6. The Kier molecular flexibility index (Phi) is 4.89. The van der Waals surface area contributed by atoms with E-state index in [9.17, 15) is 4.79 Å². The molecule has 144 valence electrons. The normalized spacial score (nSPS) is 14.1. The van der Waals surface area contributed by atoms with Crippen LogP contribution in [-0.4, -0.2) is 36.3 Å². The molecule has 1 aliphatic carbocycles. The lowest BCUT2D eigenvalue weighted by Gasteiger charge is -2.18. The van der Waals surface area contributed by atoms with Crippen LogP contribution < -0.4 is 0 Å². The molecule has 0 bridgehead atoms. The molecule has 7 nitrogen and oxygen atoms in total. The molecule has 2 heterocycles. The van der Waals surface area contributed by atoms with Gasteiger partial charge in [0.25, 0.3) is 0 Å². The molecule has 0 unspecified atom stereocenters. The third-order valence-corrected chi connectivity index (χ3v) is 4.76. The molecule has 1 aromatic carbocycles. The zero-order chi connectivity index (χ0) is 19.7. The number of hydrogen-bond donors (Lipinski definition) is 0. The molecule has 28 heavy (non-hydrogen) atoms. The minimum Gasteiger partial charge on any atom is -0.455 e. The molecule has 0 atom stereocenters. The van der Waals surface area contributed by atoms with Gasteiger partial charge in [-0.15, -0.1) is 5.10 Å². The number of carbonyl (C=O) groups is 1. The van der Waals surface area contributed by atoms with Crippen LogP contribution in [0.15, 0.2) is 52.9 Å². The van der Waals surface area contributed by atoms with E-state index in [0.29, 0.717) is 16.1 Å². The van der Waals surface area contributed by atoms with Crippen molar-refractivity contribution in [2.75, 3.05) is 0 Å². The van der Waals surface area contributed by atoms with E-state index in [0.717, 1.165) is 24.4 Å². The Labute approximate surface area is 167 Å². The van der Waals surface area contributed by atoms with E-state index >= 15 is 0 Å². The summed E-state index contributed by atoms with van der Waals surface area (Å²) in [5, 5.41) is 5.89. The maximum Gasteiger partial charge on any atom is 0.359 e. The predicted molar refractivity (Wildman–Crippen MR) is 105 cm³/mol. The van der Waals surface area contributed by atoms with E-state index < -0.39 is 11.6 Å². The van der Waals surface area contributed by atoms with Gasteiger partial charge in [0.05, 0.1) is 18.1 Å². The van der Waals surface area contributed by atoms with Crippen molar-refractivity contribution in [2.24, 2.45) is 0 Å². The van der Waals surface area contributed by atoms with E-state index in [4.69, 9.17) is 9.72 Å². The van der Waals surface area contributed by atoms with E-state index in [1.54, 1.807) is 6.20 Å². The van der Waals surface area contributed by atoms with E-state index in [1.165, 1.54) is 18.0 Å². The fraction of sp³-hybridized carbons (Fsp3) is 0.350. The van der Waals surface area contributed by atoms with Gasteiger partial charge in [0.2, 0.25) is 5.16 Å². The molecule has 0 amide bonds. The fourth-order valence-corrected chi connectivity index (χ4v) is 3.27. The minimum absolute atomic E-state index is 0.181. The third kappa shape index (κ3) is 4.39. The predicted octanol–water partition coefficient (Wildman–Crippen LogP) is 4.04. The SMILES string of the molecule is CC(C)(C)OC(=O)c1cnc(Sc2nc(C3CC3)n(-c3ccccc3)n2)cn1. The van der Waals surface area contributed by atoms with Crippen molar-refractivity contribution in [1.29, 1.82) is 0 Å². The Morgan fingerprint density at radius 1 is 1.14 bits per heavy atom. The van der Waals surface area contributed by atoms with E-state index in [-0.39, 0.29) is 5.69 Å². The molecule has 2 aromatic heterocycles. The Bertz CT molecular complexity index is 976. The van der Waals surface area contributed by atoms with Gasteiger partial charge in [-0.1, -0.05) is 18.2 Å². The highest BCUT2D eigenvalue weighted by molar-refractivity contribution is 7.99. The zero-order valence-electron chi connectivity index (χ0n) is 16.0. The monoisotopic (exact) mass is 395 g/mol. The highest BCUT2D eigenvalue weighted by Gasteiger charge is 2.30. The number of rotatable bonds is 5. The lowest BCUT2D eigenvalue weighted by molar-refractivity contribution is 0.00621. The van der Waals surface area contributed by atoms with Gasteiger partial charge in [0, 0.05) is 5.92 Å². The summed E-state index contributed by atoms with van der Waals surface area (Å²) in [5.74, 6) is 0.953. The van der Waals surface area contributed by atoms with Crippen LogP contribution >= 0.6 is 11.8 Å². The van der Waals surface area contributed by atoms with Gasteiger partial charge in [-0.05, 0) is 57.5 Å². The Balaban J connectivity index is 1.52. The first-order valence-electron chi connectivity index (χ1n) is 9.15. The minimum atomic E-state index is -0.570. The summed E-state index contributed by atoms with van der Waals surface area (Å²) >= 11 is 1.33. The van der Waals surface area contributed by atoms with Crippen LogP contribution in [-0.2, 0) is 4.74 Å². The maximum atomic E-state index is 12.1. The van der Waals surface area contributed by atoms with Gasteiger partial charge >= 0.3 is 5.97 Å². The van der Waals surface area contributed by atoms with Crippen molar-refractivity contribution in [1.82, 2.24) is 24.7 Å². The summed E-state index contributed by atoms with van der Waals surface area (Å²) in [4.78, 5) is 25.2. The van der Waals surface area contributed by atoms with Gasteiger partial charge < -0.3 is 4.74 Å². The standard InChI is InChI=1S/C20H21N5O2S/c1-20(2,3)27-18(26)15-11-22-16(12-21-15)28-19-23-17(13-9-10-13)25(24-19)14-7-5-4-6-8-14/h4-8,11-13H,9-10H2,1-3H3. The Hall–Kier alpha value is -2.74. The summed E-state index contributed by atoms with van der Waals surface area (Å²) in [7, 11) is 0. The molecule has 1 aliphatic rings. The maximum absolute atomic E-state index is 12.1. The van der Waals surface area contributed by atoms with Crippen molar-refractivity contribution < 1.29 is 9.53 Å². The average Bonchev–Trinajstić information content (AvgIpc) is 3.42. The van der Waals surface area contributed by atoms with Crippen molar-refractivity contribution >= 4 is 17.7 Å². The molecule has 0 N–H and O–H groups in total. The lowest BCUT2D eigenvalue weighted by Crippen LogP contribution is -2.24. The summed E-state index contributed by atoms with van der Waals surface area (Å²) in [6.07, 6.45) is 5.25. The average molecular weight is 395 g/mol. The van der Waals surface area contributed by atoms with Gasteiger partial charge in [-0.3, -0.25) is 0 Å². The molecular weight excluding hydrogens is 374 g/mol. The van der Waals surface area contributed by atoms with Gasteiger partial charge in [0.1, 0.15) is 16.5 Å². The second kappa shape index (κ2) is 7.35. The zero-order valence-corrected chi connectivity index (χ0v) is 16.8. The van der Waals surface area contributed by atoms with Crippen LogP contribution in [0.25, 0.3) is 5.69 Å². The third-order valence-electron chi connectivity index (χ3n) is 3.99. The van der Waals surface area contributed by atoms with Crippen LogP contribution in [0.4, 0.5) is 0 Å². The summed E-state index contributed by atoms with van der Waals surface area (Å²) < 4.78 is 7.21. The molecule has 4 rings (SSSR count). The highest BCUT2D eigenvalue weighted by atomic mass is 32.2.